The van der Waals surface area contributed by atoms with Crippen molar-refractivity contribution in [2.45, 2.75) is 26.3 Å². The number of nitrogens with one attached hydrogen (secondary N) is 1. The van der Waals surface area contributed by atoms with Crippen LogP contribution in [0.25, 0.3) is 11.0 Å². The summed E-state index contributed by atoms with van der Waals surface area (Å²) in [5.74, 6) is 0.359. The van der Waals surface area contributed by atoms with Crippen molar-refractivity contribution in [2.24, 2.45) is 7.05 Å². The molecule has 3 aromatic rings. The van der Waals surface area contributed by atoms with Gasteiger partial charge in [0.25, 0.3) is 5.91 Å². The topological polar surface area (TPSA) is 81.9 Å². The highest BCUT2D eigenvalue weighted by Crippen LogP contribution is 2.17. The molecule has 0 aliphatic carbocycles. The first-order chi connectivity index (χ1) is 12.2. The summed E-state index contributed by atoms with van der Waals surface area (Å²) in [6.07, 6.45) is 8.59. The Hall–Kier alpha value is -2.96. The van der Waals surface area contributed by atoms with E-state index in [2.05, 4.69) is 27.2 Å². The van der Waals surface area contributed by atoms with Gasteiger partial charge in [0.1, 0.15) is 5.52 Å². The molecule has 1 amide bonds. The number of hydrogen-bond donors (Lipinski definition) is 1. The molecule has 0 spiro atoms. The molecule has 0 saturated carbocycles. The summed E-state index contributed by atoms with van der Waals surface area (Å²) < 4.78 is 7.52. The van der Waals surface area contributed by atoms with Crippen LogP contribution in [0.2, 0.25) is 0 Å². The highest BCUT2D eigenvalue weighted by atomic mass is 16.5. The number of fused-ring (bicyclic) bond motifs is 1. The fraction of sp³-hybridized carbons (Fsp3) is 0.333. The lowest BCUT2D eigenvalue weighted by molar-refractivity contribution is 0.0951. The average molecular weight is 339 g/mol. The molecule has 3 heterocycles. The van der Waals surface area contributed by atoms with Gasteiger partial charge in [0.15, 0.2) is 0 Å². The van der Waals surface area contributed by atoms with Crippen LogP contribution in [0.5, 0.6) is 5.88 Å². The molecular weight excluding hydrogens is 318 g/mol. The smallest absolute Gasteiger partial charge is 0.255 e. The highest BCUT2D eigenvalue weighted by Gasteiger charge is 2.14. The van der Waals surface area contributed by atoms with E-state index in [0.717, 1.165) is 23.9 Å². The molecular formula is C18H21N5O2. The van der Waals surface area contributed by atoms with Crippen LogP contribution >= 0.6 is 0 Å². The summed E-state index contributed by atoms with van der Waals surface area (Å²) in [5, 5.41) is 2.92. The number of imidazole rings is 1. The lowest BCUT2D eigenvalue weighted by atomic mass is 10.2. The van der Waals surface area contributed by atoms with E-state index in [9.17, 15) is 4.79 Å². The third-order valence-electron chi connectivity index (χ3n) is 3.89. The molecule has 1 N–H and O–H groups in total. The molecule has 0 saturated heterocycles. The van der Waals surface area contributed by atoms with Gasteiger partial charge in [-0.3, -0.25) is 9.78 Å². The summed E-state index contributed by atoms with van der Waals surface area (Å²) in [6, 6.07) is 3.73. The van der Waals surface area contributed by atoms with Gasteiger partial charge in [-0.25, -0.2) is 9.97 Å². The molecule has 25 heavy (non-hydrogen) atoms. The van der Waals surface area contributed by atoms with E-state index < -0.39 is 0 Å². The summed E-state index contributed by atoms with van der Waals surface area (Å²) in [4.78, 5) is 25.2. The van der Waals surface area contributed by atoms with Crippen LogP contribution < -0.4 is 10.1 Å². The van der Waals surface area contributed by atoms with Crippen LogP contribution in [0.1, 0.15) is 35.7 Å². The van der Waals surface area contributed by atoms with Crippen molar-refractivity contribution in [1.82, 2.24) is 24.8 Å². The molecule has 0 radical (unpaired) electrons. The average Bonchev–Trinajstić information content (AvgIpc) is 3.02. The van der Waals surface area contributed by atoms with Gasteiger partial charge in [-0.2, -0.15) is 0 Å². The Labute approximate surface area is 146 Å². The van der Waals surface area contributed by atoms with Gasteiger partial charge in [0.05, 0.1) is 30.2 Å². The molecule has 0 aromatic carbocycles. The first kappa shape index (κ1) is 16.9. The molecule has 7 heteroatoms. The fourth-order valence-corrected chi connectivity index (χ4v) is 2.55. The number of pyridine rings is 2. The van der Waals surface area contributed by atoms with Crippen molar-refractivity contribution >= 4 is 16.9 Å². The van der Waals surface area contributed by atoms with Gasteiger partial charge >= 0.3 is 0 Å². The summed E-state index contributed by atoms with van der Waals surface area (Å²) in [7, 11) is 1.85. The van der Waals surface area contributed by atoms with Crippen molar-refractivity contribution in [3.05, 3.63) is 48.2 Å². The number of aromatic nitrogens is 4. The maximum absolute atomic E-state index is 12.6. The molecule has 0 fully saturated rings. The predicted molar refractivity (Wildman–Crippen MR) is 94.3 cm³/mol. The van der Waals surface area contributed by atoms with E-state index in [1.165, 1.54) is 0 Å². The molecule has 7 nitrogen and oxygen atoms in total. The number of ether oxygens (including phenoxy) is 1. The molecule has 3 aromatic heterocycles. The minimum absolute atomic E-state index is 0.204. The third-order valence-corrected chi connectivity index (χ3v) is 3.89. The Kier molecular flexibility index (Phi) is 5.23. The number of amides is 1. The second kappa shape index (κ2) is 7.74. The summed E-state index contributed by atoms with van der Waals surface area (Å²) in [5.41, 5.74) is 2.80. The Bertz CT molecular complexity index is 875. The first-order valence-electron chi connectivity index (χ1n) is 8.30. The molecule has 130 valence electrons. The first-order valence-corrected chi connectivity index (χ1v) is 8.30. The van der Waals surface area contributed by atoms with Crippen molar-refractivity contribution in [3.63, 3.8) is 0 Å². The number of aryl methyl sites for hydroxylation is 1. The lowest BCUT2D eigenvalue weighted by Crippen LogP contribution is -2.24. The Morgan fingerprint density at radius 3 is 3.04 bits per heavy atom. The third kappa shape index (κ3) is 3.76. The molecule has 3 rings (SSSR count). The zero-order valence-electron chi connectivity index (χ0n) is 14.4. The Morgan fingerprint density at radius 2 is 2.20 bits per heavy atom. The van der Waals surface area contributed by atoms with Crippen molar-refractivity contribution < 1.29 is 9.53 Å². The van der Waals surface area contributed by atoms with Crippen molar-refractivity contribution in [2.75, 3.05) is 6.61 Å². The monoisotopic (exact) mass is 339 g/mol. The zero-order valence-corrected chi connectivity index (χ0v) is 14.4. The van der Waals surface area contributed by atoms with Gasteiger partial charge in [0, 0.05) is 31.5 Å². The van der Waals surface area contributed by atoms with Crippen LogP contribution in [-0.2, 0) is 13.6 Å². The second-order valence-corrected chi connectivity index (χ2v) is 5.76. The van der Waals surface area contributed by atoms with Crippen LogP contribution in [0.4, 0.5) is 0 Å². The van der Waals surface area contributed by atoms with E-state index in [0.29, 0.717) is 30.1 Å². The summed E-state index contributed by atoms with van der Waals surface area (Å²) in [6.45, 7) is 3.06. The highest BCUT2D eigenvalue weighted by molar-refractivity contribution is 6.04. The Morgan fingerprint density at radius 1 is 1.32 bits per heavy atom. The normalized spacial score (nSPS) is 10.8. The second-order valence-electron chi connectivity index (χ2n) is 5.76. The maximum Gasteiger partial charge on any atom is 0.255 e. The Balaban J connectivity index is 1.73. The largest absolute Gasteiger partial charge is 0.477 e. The van der Waals surface area contributed by atoms with Gasteiger partial charge in [-0.05, 0) is 12.5 Å². The van der Waals surface area contributed by atoms with E-state index in [4.69, 9.17) is 4.74 Å². The van der Waals surface area contributed by atoms with Crippen molar-refractivity contribution in [1.29, 1.82) is 0 Å². The van der Waals surface area contributed by atoms with Gasteiger partial charge < -0.3 is 14.6 Å². The zero-order chi connectivity index (χ0) is 17.6. The van der Waals surface area contributed by atoms with Crippen LogP contribution in [0.3, 0.4) is 0 Å². The fourth-order valence-electron chi connectivity index (χ4n) is 2.55. The molecule has 0 aliphatic rings. The maximum atomic E-state index is 12.6. The molecule has 0 unspecified atom stereocenters. The van der Waals surface area contributed by atoms with E-state index in [-0.39, 0.29) is 5.91 Å². The minimum Gasteiger partial charge on any atom is -0.477 e. The van der Waals surface area contributed by atoms with E-state index in [1.807, 2.05) is 23.7 Å². The summed E-state index contributed by atoms with van der Waals surface area (Å²) >= 11 is 0. The van der Waals surface area contributed by atoms with Gasteiger partial charge in [-0.1, -0.05) is 19.4 Å². The van der Waals surface area contributed by atoms with Crippen molar-refractivity contribution in [3.8, 4) is 5.88 Å². The number of carbonyl (C=O) groups is 1. The standard InChI is InChI=1S/C18H21N5O2/c1-3-4-8-25-18-13(6-5-7-20-18)9-21-17(24)14-10-19-11-15-16(14)23(2)12-22-15/h5-7,10-12H,3-4,8-9H2,1-2H3,(H,21,24). The molecule has 0 bridgehead atoms. The van der Waals surface area contributed by atoms with Gasteiger partial charge in [-0.15, -0.1) is 0 Å². The molecule has 0 aliphatic heterocycles. The van der Waals surface area contributed by atoms with Crippen LogP contribution in [0, 0.1) is 0 Å². The quantitative estimate of drug-likeness (QED) is 0.669. The number of hydrogen-bond acceptors (Lipinski definition) is 5. The van der Waals surface area contributed by atoms with E-state index >= 15 is 0 Å². The number of carbonyl (C=O) groups excluding carboxylic acids is 1. The number of unbranched alkanes of at least 4 members (excludes halogenated alkanes) is 1. The lowest BCUT2D eigenvalue weighted by Gasteiger charge is -2.11. The van der Waals surface area contributed by atoms with Gasteiger partial charge in [0.2, 0.25) is 5.88 Å². The minimum atomic E-state index is -0.204. The van der Waals surface area contributed by atoms with E-state index in [1.54, 1.807) is 24.9 Å². The predicted octanol–water partition coefficient (Wildman–Crippen LogP) is 2.47. The SMILES string of the molecule is CCCCOc1ncccc1CNC(=O)c1cncc2ncn(C)c12. The molecule has 0 atom stereocenters. The van der Waals surface area contributed by atoms with Crippen LogP contribution in [-0.4, -0.2) is 32.0 Å². The van der Waals surface area contributed by atoms with Crippen LogP contribution in [0.15, 0.2) is 37.1 Å². The number of rotatable bonds is 7. The number of nitrogens with zero attached hydrogens (tertiary/aromatic N) is 4.